The summed E-state index contributed by atoms with van der Waals surface area (Å²) < 4.78 is 0. The third-order valence-electron chi connectivity index (χ3n) is 8.84. The highest BCUT2D eigenvalue weighted by atomic mass is 16.6. The zero-order chi connectivity index (χ0) is 37.3. The van der Waals surface area contributed by atoms with Crippen LogP contribution in [0.25, 0.3) is 24.3 Å². The second-order valence-electron chi connectivity index (χ2n) is 12.3. The summed E-state index contributed by atoms with van der Waals surface area (Å²) in [6.45, 7) is 0. The van der Waals surface area contributed by atoms with E-state index in [9.17, 15) is 20.2 Å². The smallest absolute Gasteiger partial charge is 0.277 e. The normalized spacial score (nSPS) is 11.1. The molecular formula is C46H34N4O4. The number of benzene rings is 7. The van der Waals surface area contributed by atoms with E-state index in [4.69, 9.17) is 0 Å². The standard InChI is InChI=1S/C46H34N4O4/c51-49(52)45-34-38(28-22-36-25-31-44(32-26-36)48(41-17-9-3-10-18-41)42-19-11-4-12-20-42)46(50(53)54)33-37(45)27-21-35-23-29-43(30-24-35)47(39-13-5-1-6-14-39)40-15-7-2-8-16-40/h1-34H/b27-21+,28-22+. The van der Waals surface area contributed by atoms with E-state index < -0.39 is 9.85 Å². The Balaban J connectivity index is 1.14. The van der Waals surface area contributed by atoms with E-state index in [1.165, 1.54) is 12.1 Å². The van der Waals surface area contributed by atoms with Gasteiger partial charge in [0.1, 0.15) is 0 Å². The zero-order valence-corrected chi connectivity index (χ0v) is 29.1. The Morgan fingerprint density at radius 1 is 0.352 bits per heavy atom. The van der Waals surface area contributed by atoms with Crippen molar-refractivity contribution in [3.05, 3.63) is 224 Å². The van der Waals surface area contributed by atoms with E-state index in [1.807, 2.05) is 170 Å². The Kier molecular flexibility index (Phi) is 10.4. The lowest BCUT2D eigenvalue weighted by atomic mass is 10.0. The van der Waals surface area contributed by atoms with Gasteiger partial charge in [-0.2, -0.15) is 0 Å². The summed E-state index contributed by atoms with van der Waals surface area (Å²) in [6.07, 6.45) is 6.53. The van der Waals surface area contributed by atoms with E-state index in [0.717, 1.165) is 45.3 Å². The molecule has 0 bridgehead atoms. The average Bonchev–Trinajstić information content (AvgIpc) is 3.22. The van der Waals surface area contributed by atoms with Crippen LogP contribution in [-0.4, -0.2) is 9.85 Å². The van der Waals surface area contributed by atoms with Gasteiger partial charge in [-0.1, -0.05) is 109 Å². The van der Waals surface area contributed by atoms with E-state index in [0.29, 0.717) is 0 Å². The van der Waals surface area contributed by atoms with Gasteiger partial charge in [-0.25, -0.2) is 0 Å². The molecule has 0 fully saturated rings. The fraction of sp³-hybridized carbons (Fsp3) is 0. The topological polar surface area (TPSA) is 92.8 Å². The SMILES string of the molecule is O=[N+]([O-])c1cc(/C=C/c2ccc(N(c3ccccc3)c3ccccc3)cc2)c([N+](=O)[O-])cc1/C=C/c1ccc(N(c2ccccc2)c2ccccc2)cc1. The van der Waals surface area contributed by atoms with Gasteiger partial charge in [0, 0.05) is 46.3 Å². The first-order valence-electron chi connectivity index (χ1n) is 17.3. The third-order valence-corrected chi connectivity index (χ3v) is 8.84. The monoisotopic (exact) mass is 706 g/mol. The second kappa shape index (κ2) is 16.2. The molecule has 0 aliphatic heterocycles. The highest BCUT2D eigenvalue weighted by molar-refractivity contribution is 5.83. The van der Waals surface area contributed by atoms with Crippen LogP contribution in [0.2, 0.25) is 0 Å². The minimum absolute atomic E-state index is 0.134. The second-order valence-corrected chi connectivity index (χ2v) is 12.3. The van der Waals surface area contributed by atoms with Crippen molar-refractivity contribution in [3.63, 3.8) is 0 Å². The van der Waals surface area contributed by atoms with Crippen molar-refractivity contribution in [2.75, 3.05) is 9.80 Å². The van der Waals surface area contributed by atoms with Crippen molar-refractivity contribution in [2.45, 2.75) is 0 Å². The number of hydrogen-bond donors (Lipinski definition) is 0. The van der Waals surface area contributed by atoms with Crippen molar-refractivity contribution in [2.24, 2.45) is 0 Å². The molecule has 0 N–H and O–H groups in total. The van der Waals surface area contributed by atoms with Crippen LogP contribution in [0.1, 0.15) is 22.3 Å². The van der Waals surface area contributed by atoms with Crippen molar-refractivity contribution in [1.82, 2.24) is 0 Å². The Labute approximate surface area is 313 Å². The molecule has 0 amide bonds. The Hall–Kier alpha value is -7.58. The van der Waals surface area contributed by atoms with E-state index >= 15 is 0 Å². The molecule has 262 valence electrons. The van der Waals surface area contributed by atoms with Gasteiger partial charge in [0.2, 0.25) is 0 Å². The fourth-order valence-corrected chi connectivity index (χ4v) is 6.24. The van der Waals surface area contributed by atoms with Gasteiger partial charge >= 0.3 is 0 Å². The predicted octanol–water partition coefficient (Wildman–Crippen LogP) is 12.8. The number of nitrogens with zero attached hydrogens (tertiary/aromatic N) is 4. The highest BCUT2D eigenvalue weighted by Gasteiger charge is 2.22. The molecule has 0 saturated carbocycles. The van der Waals surface area contributed by atoms with Gasteiger partial charge < -0.3 is 9.80 Å². The largest absolute Gasteiger partial charge is 0.311 e. The molecule has 7 rings (SSSR count). The summed E-state index contributed by atoms with van der Waals surface area (Å²) in [5, 5.41) is 24.5. The van der Waals surface area contributed by atoms with Gasteiger partial charge in [0.15, 0.2) is 0 Å². The molecule has 7 aromatic rings. The minimum atomic E-state index is -0.516. The van der Waals surface area contributed by atoms with Crippen LogP contribution in [-0.2, 0) is 0 Å². The molecular weight excluding hydrogens is 673 g/mol. The Bertz CT molecular complexity index is 2170. The summed E-state index contributed by atoms with van der Waals surface area (Å²) in [6, 6.07) is 58.1. The molecule has 0 aromatic heterocycles. The molecule has 8 heteroatoms. The summed E-state index contributed by atoms with van der Waals surface area (Å²) in [7, 11) is 0. The number of hydrogen-bond acceptors (Lipinski definition) is 6. The third kappa shape index (κ3) is 7.98. The molecule has 54 heavy (non-hydrogen) atoms. The van der Waals surface area contributed by atoms with Crippen LogP contribution >= 0.6 is 0 Å². The van der Waals surface area contributed by atoms with E-state index in [1.54, 1.807) is 24.3 Å². The molecule has 0 atom stereocenters. The van der Waals surface area contributed by atoms with Crippen molar-refractivity contribution in [1.29, 1.82) is 0 Å². The van der Waals surface area contributed by atoms with Crippen LogP contribution in [0.4, 0.5) is 45.5 Å². The van der Waals surface area contributed by atoms with Crippen LogP contribution in [0.3, 0.4) is 0 Å². The van der Waals surface area contributed by atoms with Crippen molar-refractivity contribution < 1.29 is 9.85 Å². The number of rotatable bonds is 12. The average molecular weight is 707 g/mol. The molecule has 0 saturated heterocycles. The number of para-hydroxylation sites is 4. The Morgan fingerprint density at radius 3 is 0.870 bits per heavy atom. The molecule has 0 spiro atoms. The first kappa shape index (κ1) is 34.9. The quantitative estimate of drug-likeness (QED) is 0.0713. The molecule has 8 nitrogen and oxygen atoms in total. The van der Waals surface area contributed by atoms with Crippen LogP contribution in [0.15, 0.2) is 182 Å². The van der Waals surface area contributed by atoms with Gasteiger partial charge in [-0.05, 0) is 96.1 Å². The number of nitro groups is 2. The molecule has 0 radical (unpaired) electrons. The molecule has 0 unspecified atom stereocenters. The van der Waals surface area contributed by atoms with Crippen molar-refractivity contribution >= 4 is 69.8 Å². The number of anilines is 6. The summed E-state index contributed by atoms with van der Waals surface area (Å²) >= 11 is 0. The van der Waals surface area contributed by atoms with Crippen LogP contribution < -0.4 is 9.80 Å². The van der Waals surface area contributed by atoms with E-state index in [2.05, 4.69) is 9.80 Å². The van der Waals surface area contributed by atoms with Crippen molar-refractivity contribution in [3.8, 4) is 0 Å². The minimum Gasteiger partial charge on any atom is -0.311 e. The first-order chi connectivity index (χ1) is 26.4. The molecule has 0 aliphatic rings. The Morgan fingerprint density at radius 2 is 0.611 bits per heavy atom. The maximum Gasteiger partial charge on any atom is 0.277 e. The zero-order valence-electron chi connectivity index (χ0n) is 29.1. The summed E-state index contributed by atoms with van der Waals surface area (Å²) in [4.78, 5) is 27.7. The predicted molar refractivity (Wildman–Crippen MR) is 220 cm³/mol. The highest BCUT2D eigenvalue weighted by Crippen LogP contribution is 2.37. The fourth-order valence-electron chi connectivity index (χ4n) is 6.24. The van der Waals surface area contributed by atoms with Gasteiger partial charge in [-0.3, -0.25) is 20.2 Å². The van der Waals surface area contributed by atoms with E-state index in [-0.39, 0.29) is 22.5 Å². The maximum atomic E-state index is 12.2. The lowest BCUT2D eigenvalue weighted by Crippen LogP contribution is -2.09. The van der Waals surface area contributed by atoms with Gasteiger partial charge in [0.05, 0.1) is 21.0 Å². The summed E-state index contributed by atoms with van der Waals surface area (Å²) in [5.74, 6) is 0. The maximum absolute atomic E-state index is 12.2. The lowest BCUT2D eigenvalue weighted by molar-refractivity contribution is -0.389. The first-order valence-corrected chi connectivity index (χ1v) is 17.3. The van der Waals surface area contributed by atoms with Crippen LogP contribution in [0, 0.1) is 20.2 Å². The number of nitro benzene ring substituents is 2. The lowest BCUT2D eigenvalue weighted by Gasteiger charge is -2.25. The molecule has 0 heterocycles. The summed E-state index contributed by atoms with van der Waals surface area (Å²) in [5.41, 5.74) is 7.22. The van der Waals surface area contributed by atoms with Gasteiger partial charge in [0.25, 0.3) is 11.4 Å². The van der Waals surface area contributed by atoms with Gasteiger partial charge in [-0.15, -0.1) is 0 Å². The molecule has 7 aromatic carbocycles. The van der Waals surface area contributed by atoms with Crippen LogP contribution in [0.5, 0.6) is 0 Å². The molecule has 0 aliphatic carbocycles.